The van der Waals surface area contributed by atoms with Crippen molar-refractivity contribution in [1.82, 2.24) is 0 Å². The summed E-state index contributed by atoms with van der Waals surface area (Å²) >= 11 is 0. The first-order valence-corrected chi connectivity index (χ1v) is 5.22. The first-order valence-electron chi connectivity index (χ1n) is 5.22. The van der Waals surface area contributed by atoms with Crippen LogP contribution in [0, 0.1) is 0 Å². The van der Waals surface area contributed by atoms with Gasteiger partial charge in [-0.3, -0.25) is 0 Å². The Morgan fingerprint density at radius 3 is 1.67 bits per heavy atom. The Hall–Kier alpha value is -1.10. The van der Waals surface area contributed by atoms with Crippen molar-refractivity contribution in [2.24, 2.45) is 5.73 Å². The minimum Gasteiger partial charge on any atom is -0.473 e. The predicted octanol–water partition coefficient (Wildman–Crippen LogP) is 1.46. The minimum atomic E-state index is -1.82. The van der Waals surface area contributed by atoms with Crippen molar-refractivity contribution in [1.29, 1.82) is 0 Å². The minimum absolute atomic E-state index is 0.867. The van der Waals surface area contributed by atoms with Crippen molar-refractivity contribution in [2.45, 2.75) is 45.4 Å². The van der Waals surface area contributed by atoms with Crippen LogP contribution in [-0.4, -0.2) is 28.7 Å². The molecule has 0 rings (SSSR count). The van der Waals surface area contributed by atoms with Gasteiger partial charge in [0.15, 0.2) is 0 Å². The normalized spacial score (nSPS) is 8.93. The summed E-state index contributed by atoms with van der Waals surface area (Å²) in [6.45, 7) is 3.11. The van der Waals surface area contributed by atoms with E-state index >= 15 is 0 Å². The van der Waals surface area contributed by atoms with Gasteiger partial charge in [-0.15, -0.1) is 0 Å². The van der Waals surface area contributed by atoms with E-state index in [0.717, 1.165) is 6.54 Å². The summed E-state index contributed by atoms with van der Waals surface area (Å²) in [7, 11) is 0. The Morgan fingerprint density at radius 2 is 1.33 bits per heavy atom. The first kappa shape index (κ1) is 16.3. The molecule has 0 saturated carbocycles. The zero-order valence-corrected chi connectivity index (χ0v) is 9.24. The molecule has 4 N–H and O–H groups in total. The maximum Gasteiger partial charge on any atom is 0.414 e. The predicted molar refractivity (Wildman–Crippen MR) is 57.7 cm³/mol. The quantitative estimate of drug-likeness (QED) is 0.464. The summed E-state index contributed by atoms with van der Waals surface area (Å²) in [5.41, 5.74) is 5.34. The van der Waals surface area contributed by atoms with Gasteiger partial charge in [0.1, 0.15) is 0 Å². The van der Waals surface area contributed by atoms with Crippen LogP contribution >= 0.6 is 0 Å². The van der Waals surface area contributed by atoms with Crippen molar-refractivity contribution in [2.75, 3.05) is 6.54 Å². The van der Waals surface area contributed by atoms with Crippen molar-refractivity contribution < 1.29 is 19.8 Å². The molecule has 90 valence electrons. The number of carbonyl (C=O) groups is 2. The average Bonchev–Trinajstić information content (AvgIpc) is 2.18. The molecule has 0 unspecified atom stereocenters. The number of hydrogen-bond acceptors (Lipinski definition) is 3. The summed E-state index contributed by atoms with van der Waals surface area (Å²) < 4.78 is 0. The number of rotatable bonds is 6. The molecular formula is C10H21NO4. The van der Waals surface area contributed by atoms with Crippen LogP contribution in [0.2, 0.25) is 0 Å². The molecule has 0 aromatic carbocycles. The average molecular weight is 219 g/mol. The van der Waals surface area contributed by atoms with E-state index in [9.17, 15) is 0 Å². The highest BCUT2D eigenvalue weighted by Crippen LogP contribution is 2.03. The Bertz CT molecular complexity index is 153. The Morgan fingerprint density at radius 1 is 0.933 bits per heavy atom. The fourth-order valence-electron chi connectivity index (χ4n) is 0.925. The Labute approximate surface area is 90.3 Å². The van der Waals surface area contributed by atoms with Crippen molar-refractivity contribution in [3.05, 3.63) is 0 Å². The van der Waals surface area contributed by atoms with E-state index in [1.165, 1.54) is 38.5 Å². The van der Waals surface area contributed by atoms with E-state index < -0.39 is 11.9 Å². The zero-order chi connectivity index (χ0) is 12.1. The third-order valence-electron chi connectivity index (χ3n) is 1.74. The van der Waals surface area contributed by atoms with Gasteiger partial charge in [-0.25, -0.2) is 9.59 Å². The molecule has 0 aliphatic rings. The van der Waals surface area contributed by atoms with Crippen LogP contribution in [0.15, 0.2) is 0 Å². The fourth-order valence-corrected chi connectivity index (χ4v) is 0.925. The van der Waals surface area contributed by atoms with Crippen LogP contribution in [0.1, 0.15) is 45.4 Å². The molecule has 0 aromatic rings. The molecule has 0 aromatic heterocycles. The van der Waals surface area contributed by atoms with E-state index in [-0.39, 0.29) is 0 Å². The molecule has 0 aliphatic heterocycles. The molecule has 5 heteroatoms. The highest BCUT2D eigenvalue weighted by atomic mass is 16.4. The number of carboxylic acid groups (broad SMARTS) is 2. The summed E-state index contributed by atoms with van der Waals surface area (Å²) in [6.07, 6.45) is 8.05. The monoisotopic (exact) mass is 219 g/mol. The van der Waals surface area contributed by atoms with Crippen LogP contribution in [0.3, 0.4) is 0 Å². The van der Waals surface area contributed by atoms with Crippen molar-refractivity contribution in [3.8, 4) is 0 Å². The van der Waals surface area contributed by atoms with Gasteiger partial charge >= 0.3 is 11.9 Å². The summed E-state index contributed by atoms with van der Waals surface area (Å²) in [5.74, 6) is -3.65. The van der Waals surface area contributed by atoms with Gasteiger partial charge in [0.05, 0.1) is 0 Å². The lowest BCUT2D eigenvalue weighted by molar-refractivity contribution is -0.159. The molecular weight excluding hydrogens is 198 g/mol. The van der Waals surface area contributed by atoms with Crippen LogP contribution in [0.5, 0.6) is 0 Å². The zero-order valence-electron chi connectivity index (χ0n) is 9.24. The van der Waals surface area contributed by atoms with E-state index in [1.807, 2.05) is 0 Å². The third kappa shape index (κ3) is 19.3. The smallest absolute Gasteiger partial charge is 0.414 e. The third-order valence-corrected chi connectivity index (χ3v) is 1.74. The second kappa shape index (κ2) is 12.9. The van der Waals surface area contributed by atoms with Crippen LogP contribution in [-0.2, 0) is 9.59 Å². The lowest BCUT2D eigenvalue weighted by Crippen LogP contribution is -2.09. The molecule has 0 fully saturated rings. The van der Waals surface area contributed by atoms with Crippen LogP contribution in [0.25, 0.3) is 0 Å². The van der Waals surface area contributed by atoms with Crippen LogP contribution in [0.4, 0.5) is 0 Å². The standard InChI is InChI=1S/C8H19N.C2H2O4/c1-2-3-4-5-6-7-8-9;3-1(4)2(5)6/h2-9H2,1H3;(H,3,4)(H,5,6). The molecule has 0 atom stereocenters. The largest absolute Gasteiger partial charge is 0.473 e. The molecule has 15 heavy (non-hydrogen) atoms. The molecule has 0 aliphatic carbocycles. The highest BCUT2D eigenvalue weighted by Gasteiger charge is 2.04. The maximum absolute atomic E-state index is 9.10. The second-order valence-electron chi connectivity index (χ2n) is 3.17. The second-order valence-corrected chi connectivity index (χ2v) is 3.17. The van der Waals surface area contributed by atoms with Gasteiger partial charge in [-0.2, -0.15) is 0 Å². The lowest BCUT2D eigenvalue weighted by atomic mass is 10.1. The Kier molecular flexibility index (Phi) is 14.0. The maximum atomic E-state index is 9.10. The number of unbranched alkanes of at least 4 members (excludes halogenated alkanes) is 5. The molecule has 0 radical (unpaired) electrons. The molecule has 0 bridgehead atoms. The van der Waals surface area contributed by atoms with E-state index in [1.54, 1.807) is 0 Å². The first-order chi connectivity index (χ1) is 7.06. The van der Waals surface area contributed by atoms with Gasteiger partial charge in [0, 0.05) is 0 Å². The van der Waals surface area contributed by atoms with Crippen molar-refractivity contribution >= 4 is 11.9 Å². The molecule has 0 spiro atoms. The number of hydrogen-bond donors (Lipinski definition) is 3. The number of aliphatic carboxylic acids is 2. The van der Waals surface area contributed by atoms with E-state index in [2.05, 4.69) is 6.92 Å². The van der Waals surface area contributed by atoms with Gasteiger partial charge in [0.2, 0.25) is 0 Å². The SMILES string of the molecule is CCCCCCCCN.O=C(O)C(=O)O. The van der Waals surface area contributed by atoms with Gasteiger partial charge in [-0.05, 0) is 13.0 Å². The van der Waals surface area contributed by atoms with Gasteiger partial charge < -0.3 is 15.9 Å². The van der Waals surface area contributed by atoms with Crippen molar-refractivity contribution in [3.63, 3.8) is 0 Å². The van der Waals surface area contributed by atoms with Gasteiger partial charge in [0.25, 0.3) is 0 Å². The Balaban J connectivity index is 0. The molecule has 0 saturated heterocycles. The lowest BCUT2D eigenvalue weighted by Gasteiger charge is -1.96. The van der Waals surface area contributed by atoms with E-state index in [0.29, 0.717) is 0 Å². The summed E-state index contributed by atoms with van der Waals surface area (Å²) in [5, 5.41) is 14.8. The fraction of sp³-hybridized carbons (Fsp3) is 0.800. The molecule has 5 nitrogen and oxygen atoms in total. The molecule has 0 heterocycles. The topological polar surface area (TPSA) is 101 Å². The highest BCUT2D eigenvalue weighted by molar-refractivity contribution is 6.27. The number of nitrogens with two attached hydrogens (primary N) is 1. The van der Waals surface area contributed by atoms with Gasteiger partial charge in [-0.1, -0.05) is 39.0 Å². The summed E-state index contributed by atoms with van der Waals surface area (Å²) in [4.78, 5) is 18.2. The summed E-state index contributed by atoms with van der Waals surface area (Å²) in [6, 6.07) is 0. The van der Waals surface area contributed by atoms with Crippen LogP contribution < -0.4 is 5.73 Å². The van der Waals surface area contributed by atoms with E-state index in [4.69, 9.17) is 25.5 Å². The number of carboxylic acids is 2. The molecule has 0 amide bonds.